The van der Waals surface area contributed by atoms with Crippen LogP contribution in [0.5, 0.6) is 0 Å². The minimum atomic E-state index is 0.983. The molecule has 0 atom stereocenters. The van der Waals surface area contributed by atoms with Gasteiger partial charge in [0, 0.05) is 13.1 Å². The summed E-state index contributed by atoms with van der Waals surface area (Å²) in [6.45, 7) is 3.96. The normalized spacial score (nSPS) is 15.2. The Morgan fingerprint density at radius 1 is 1.23 bits per heavy atom. The molecule has 0 aliphatic carbocycles. The predicted molar refractivity (Wildman–Crippen MR) is 51.4 cm³/mol. The van der Waals surface area contributed by atoms with Crippen LogP contribution in [0.25, 0.3) is 11.0 Å². The Hall–Kier alpha value is -1.35. The molecule has 0 radical (unpaired) electrons. The molecule has 0 spiro atoms. The summed E-state index contributed by atoms with van der Waals surface area (Å²) in [7, 11) is 0. The first-order chi connectivity index (χ1) is 6.33. The van der Waals surface area contributed by atoms with Crippen LogP contribution >= 0.6 is 0 Å². The van der Waals surface area contributed by atoms with Gasteiger partial charge >= 0.3 is 0 Å². The van der Waals surface area contributed by atoms with Gasteiger partial charge in [0.25, 0.3) is 0 Å². The number of nitrogens with one attached hydrogen (secondary N) is 2. The lowest BCUT2D eigenvalue weighted by Crippen LogP contribution is -1.99. The molecule has 1 aliphatic rings. The van der Waals surface area contributed by atoms with Gasteiger partial charge in [0.15, 0.2) is 0 Å². The Labute approximate surface area is 76.2 Å². The minimum Gasteiger partial charge on any atom is -0.342 e. The maximum absolute atomic E-state index is 4.41. The van der Waals surface area contributed by atoms with Crippen molar-refractivity contribution in [2.45, 2.75) is 20.0 Å². The standard InChI is InChI=1S/C10H11N3/c1-6-12-9-2-7-4-11-5-8(7)3-10(9)13-6/h2-3,11H,4-5H2,1H3,(H,12,13). The number of imidazole rings is 1. The summed E-state index contributed by atoms with van der Waals surface area (Å²) < 4.78 is 0. The van der Waals surface area contributed by atoms with Crippen molar-refractivity contribution in [3.63, 3.8) is 0 Å². The zero-order valence-corrected chi connectivity index (χ0v) is 7.52. The fraction of sp³-hybridized carbons (Fsp3) is 0.300. The van der Waals surface area contributed by atoms with Crippen molar-refractivity contribution in [2.24, 2.45) is 0 Å². The van der Waals surface area contributed by atoms with Crippen LogP contribution in [0.3, 0.4) is 0 Å². The molecule has 2 aromatic rings. The van der Waals surface area contributed by atoms with E-state index in [0.29, 0.717) is 0 Å². The van der Waals surface area contributed by atoms with Crippen molar-refractivity contribution in [2.75, 3.05) is 0 Å². The number of fused-ring (bicyclic) bond motifs is 2. The Bertz CT molecular complexity index is 429. The topological polar surface area (TPSA) is 40.7 Å². The van der Waals surface area contributed by atoms with E-state index in [9.17, 15) is 0 Å². The summed E-state index contributed by atoms with van der Waals surface area (Å²) in [5.74, 6) is 0.992. The van der Waals surface area contributed by atoms with Crippen molar-refractivity contribution in [3.8, 4) is 0 Å². The molecular formula is C10H11N3. The highest BCUT2D eigenvalue weighted by molar-refractivity contribution is 5.77. The molecular weight excluding hydrogens is 162 g/mol. The number of aromatic nitrogens is 2. The second kappa shape index (κ2) is 2.33. The maximum atomic E-state index is 4.41. The SMILES string of the molecule is Cc1nc2cc3c(cc2[nH]1)CNC3. The quantitative estimate of drug-likeness (QED) is 0.633. The molecule has 1 aliphatic heterocycles. The van der Waals surface area contributed by atoms with E-state index < -0.39 is 0 Å². The molecule has 0 fully saturated rings. The Kier molecular flexibility index (Phi) is 1.27. The number of rotatable bonds is 0. The van der Waals surface area contributed by atoms with E-state index in [1.165, 1.54) is 11.1 Å². The van der Waals surface area contributed by atoms with Gasteiger partial charge in [-0.3, -0.25) is 0 Å². The van der Waals surface area contributed by atoms with Crippen LogP contribution in [0.15, 0.2) is 12.1 Å². The molecule has 0 bridgehead atoms. The lowest BCUT2D eigenvalue weighted by molar-refractivity contribution is 0.765. The average molecular weight is 173 g/mol. The van der Waals surface area contributed by atoms with Gasteiger partial charge in [-0.05, 0) is 30.2 Å². The van der Waals surface area contributed by atoms with Gasteiger partial charge in [0.05, 0.1) is 11.0 Å². The van der Waals surface area contributed by atoms with Crippen LogP contribution in [0.1, 0.15) is 17.0 Å². The lowest BCUT2D eigenvalue weighted by atomic mass is 10.1. The van der Waals surface area contributed by atoms with Crippen molar-refractivity contribution in [1.29, 1.82) is 0 Å². The van der Waals surface area contributed by atoms with E-state index in [2.05, 4.69) is 27.4 Å². The minimum absolute atomic E-state index is 0.983. The highest BCUT2D eigenvalue weighted by atomic mass is 14.9. The molecule has 3 rings (SSSR count). The molecule has 2 heterocycles. The Morgan fingerprint density at radius 3 is 2.85 bits per heavy atom. The molecule has 0 unspecified atom stereocenters. The van der Waals surface area contributed by atoms with Gasteiger partial charge in [0.2, 0.25) is 0 Å². The first-order valence-corrected chi connectivity index (χ1v) is 4.52. The predicted octanol–water partition coefficient (Wildman–Crippen LogP) is 1.47. The summed E-state index contributed by atoms with van der Waals surface area (Å²) in [5, 5.41) is 3.33. The van der Waals surface area contributed by atoms with Crippen LogP contribution < -0.4 is 5.32 Å². The zero-order valence-electron chi connectivity index (χ0n) is 7.52. The first-order valence-electron chi connectivity index (χ1n) is 4.52. The van der Waals surface area contributed by atoms with Crippen LogP contribution in [-0.2, 0) is 13.1 Å². The first kappa shape index (κ1) is 7.09. The summed E-state index contributed by atoms with van der Waals surface area (Å²) in [6.07, 6.45) is 0. The number of H-pyrrole nitrogens is 1. The third-order valence-electron chi connectivity index (χ3n) is 2.55. The number of benzene rings is 1. The van der Waals surface area contributed by atoms with Gasteiger partial charge in [-0.15, -0.1) is 0 Å². The summed E-state index contributed by atoms with van der Waals surface area (Å²) >= 11 is 0. The number of hydrogen-bond donors (Lipinski definition) is 2. The van der Waals surface area contributed by atoms with Crippen molar-refractivity contribution in [1.82, 2.24) is 15.3 Å². The number of aryl methyl sites for hydroxylation is 1. The fourth-order valence-electron chi connectivity index (χ4n) is 1.93. The largest absolute Gasteiger partial charge is 0.342 e. The smallest absolute Gasteiger partial charge is 0.104 e. The summed E-state index contributed by atoms with van der Waals surface area (Å²) in [4.78, 5) is 7.66. The van der Waals surface area contributed by atoms with Crippen LogP contribution in [0, 0.1) is 6.92 Å². The zero-order chi connectivity index (χ0) is 8.84. The van der Waals surface area contributed by atoms with Crippen LogP contribution in [0.4, 0.5) is 0 Å². The third-order valence-corrected chi connectivity index (χ3v) is 2.55. The van der Waals surface area contributed by atoms with E-state index in [4.69, 9.17) is 0 Å². The summed E-state index contributed by atoms with van der Waals surface area (Å²) in [5.41, 5.74) is 5.02. The lowest BCUT2D eigenvalue weighted by Gasteiger charge is -1.95. The Morgan fingerprint density at radius 2 is 2.00 bits per heavy atom. The second-order valence-corrected chi connectivity index (χ2v) is 3.56. The van der Waals surface area contributed by atoms with Crippen molar-refractivity contribution >= 4 is 11.0 Å². The monoisotopic (exact) mass is 173 g/mol. The van der Waals surface area contributed by atoms with E-state index in [1.807, 2.05) is 6.92 Å². The molecule has 13 heavy (non-hydrogen) atoms. The van der Waals surface area contributed by atoms with Gasteiger partial charge in [0.1, 0.15) is 5.82 Å². The van der Waals surface area contributed by atoms with Crippen molar-refractivity contribution in [3.05, 3.63) is 29.1 Å². The van der Waals surface area contributed by atoms with Gasteiger partial charge in [-0.2, -0.15) is 0 Å². The third kappa shape index (κ3) is 0.971. The van der Waals surface area contributed by atoms with Crippen LogP contribution in [-0.4, -0.2) is 9.97 Å². The average Bonchev–Trinajstić information content (AvgIpc) is 2.63. The molecule has 2 N–H and O–H groups in total. The molecule has 3 heteroatoms. The molecule has 1 aromatic heterocycles. The summed E-state index contributed by atoms with van der Waals surface area (Å²) in [6, 6.07) is 4.37. The molecule has 0 saturated carbocycles. The fourth-order valence-corrected chi connectivity index (χ4v) is 1.93. The second-order valence-electron chi connectivity index (χ2n) is 3.56. The van der Waals surface area contributed by atoms with Crippen molar-refractivity contribution < 1.29 is 0 Å². The molecule has 1 aromatic carbocycles. The van der Waals surface area contributed by atoms with E-state index >= 15 is 0 Å². The molecule has 0 saturated heterocycles. The Balaban J connectivity index is 2.35. The number of hydrogen-bond acceptors (Lipinski definition) is 2. The molecule has 0 amide bonds. The molecule has 66 valence electrons. The van der Waals surface area contributed by atoms with Crippen LogP contribution in [0.2, 0.25) is 0 Å². The van der Waals surface area contributed by atoms with Gasteiger partial charge < -0.3 is 10.3 Å². The van der Waals surface area contributed by atoms with E-state index in [0.717, 1.165) is 29.9 Å². The highest BCUT2D eigenvalue weighted by Gasteiger charge is 2.11. The van der Waals surface area contributed by atoms with E-state index in [1.54, 1.807) is 0 Å². The maximum Gasteiger partial charge on any atom is 0.104 e. The van der Waals surface area contributed by atoms with Gasteiger partial charge in [-0.25, -0.2) is 4.98 Å². The van der Waals surface area contributed by atoms with Gasteiger partial charge in [-0.1, -0.05) is 0 Å². The molecule has 3 nitrogen and oxygen atoms in total. The number of aromatic amines is 1. The van der Waals surface area contributed by atoms with E-state index in [-0.39, 0.29) is 0 Å². The highest BCUT2D eigenvalue weighted by Crippen LogP contribution is 2.21. The number of nitrogens with zero attached hydrogens (tertiary/aromatic N) is 1.